The highest BCUT2D eigenvalue weighted by Gasteiger charge is 2.24. The van der Waals surface area contributed by atoms with Crippen LogP contribution in [0, 0.1) is 10.1 Å². The van der Waals surface area contributed by atoms with Gasteiger partial charge in [-0.1, -0.05) is 54.4 Å². The molecule has 1 aromatic heterocycles. The number of hydrogen-bond acceptors (Lipinski definition) is 7. The number of anilines is 1. The summed E-state index contributed by atoms with van der Waals surface area (Å²) in [6.45, 7) is 5.18. The van der Waals surface area contributed by atoms with E-state index in [1.807, 2.05) is 20.8 Å². The van der Waals surface area contributed by atoms with Crippen LogP contribution in [0.2, 0.25) is 5.02 Å². The molecule has 0 aliphatic rings. The largest absolute Gasteiger partial charge is 0.476 e. The van der Waals surface area contributed by atoms with Gasteiger partial charge in [-0.3, -0.25) is 19.7 Å². The molecule has 0 bridgehead atoms. The summed E-state index contributed by atoms with van der Waals surface area (Å²) >= 11 is 9.24. The molecule has 10 nitrogen and oxygen atoms in total. The van der Waals surface area contributed by atoms with E-state index in [1.54, 1.807) is 42.5 Å². The number of halogens is 2. The third-order valence-corrected chi connectivity index (χ3v) is 6.23. The van der Waals surface area contributed by atoms with E-state index < -0.39 is 28.4 Å². The summed E-state index contributed by atoms with van der Waals surface area (Å²) < 4.78 is 7.49. The minimum Gasteiger partial charge on any atom is -0.476 e. The van der Waals surface area contributed by atoms with Crippen molar-refractivity contribution in [3.8, 4) is 5.75 Å². The van der Waals surface area contributed by atoms with Crippen LogP contribution in [0.1, 0.15) is 32.2 Å². The third kappa shape index (κ3) is 6.50. The summed E-state index contributed by atoms with van der Waals surface area (Å²) in [6, 6.07) is 15.9. The Balaban J connectivity index is 1.71. The molecule has 0 radical (unpaired) electrons. The number of nitro benzene ring substituents is 1. The van der Waals surface area contributed by atoms with E-state index >= 15 is 0 Å². The lowest BCUT2D eigenvalue weighted by molar-refractivity contribution is -0.385. The van der Waals surface area contributed by atoms with Crippen molar-refractivity contribution in [3.63, 3.8) is 0 Å². The lowest BCUT2D eigenvalue weighted by Crippen LogP contribution is -2.29. The van der Waals surface area contributed by atoms with E-state index in [4.69, 9.17) is 16.3 Å². The van der Waals surface area contributed by atoms with Gasteiger partial charge in [-0.05, 0) is 48.5 Å². The number of nitro groups is 1. The predicted octanol–water partition coefficient (Wildman–Crippen LogP) is 5.92. The second kappa shape index (κ2) is 11.3. The Morgan fingerprint density at radius 3 is 2.59 bits per heavy atom. The summed E-state index contributed by atoms with van der Waals surface area (Å²) in [5.41, 5.74) is -0.114. The van der Waals surface area contributed by atoms with E-state index in [0.29, 0.717) is 31.9 Å². The van der Waals surface area contributed by atoms with Gasteiger partial charge in [-0.25, -0.2) is 4.98 Å². The maximum atomic E-state index is 13.4. The molecule has 1 heterocycles. The number of amides is 1. The molecule has 200 valence electrons. The van der Waals surface area contributed by atoms with Gasteiger partial charge in [0.2, 0.25) is 5.75 Å². The zero-order chi connectivity index (χ0) is 28.3. The van der Waals surface area contributed by atoms with Crippen LogP contribution >= 0.6 is 27.5 Å². The normalized spacial score (nSPS) is 11.6. The van der Waals surface area contributed by atoms with Gasteiger partial charge in [-0.15, -0.1) is 0 Å². The van der Waals surface area contributed by atoms with Crippen LogP contribution in [0.15, 0.2) is 75.0 Å². The van der Waals surface area contributed by atoms with Gasteiger partial charge in [0.05, 0.1) is 22.0 Å². The molecular weight excluding hydrogens is 590 g/mol. The number of rotatable bonds is 7. The summed E-state index contributed by atoms with van der Waals surface area (Å²) in [7, 11) is 0. The van der Waals surface area contributed by atoms with Gasteiger partial charge >= 0.3 is 5.69 Å². The fraction of sp³-hybridized carbons (Fsp3) is 0.185. The van der Waals surface area contributed by atoms with E-state index in [2.05, 4.69) is 31.3 Å². The van der Waals surface area contributed by atoms with Crippen LogP contribution in [0.25, 0.3) is 10.9 Å². The number of hydrogen-bond donors (Lipinski definition) is 1. The number of aromatic nitrogens is 2. The Morgan fingerprint density at radius 2 is 1.92 bits per heavy atom. The maximum absolute atomic E-state index is 13.4. The first kappa shape index (κ1) is 27.9. The SMILES string of the molecule is CC(C)(C)c1nc2ccc(Br)cc2c(=O)n1N=Cc1cccc([N+](=O)[O-])c1OCC(=O)Nc1ccc(Cl)cc1. The first-order chi connectivity index (χ1) is 18.4. The number of ether oxygens (including phenoxy) is 1. The van der Waals surface area contributed by atoms with Crippen molar-refractivity contribution >= 4 is 61.9 Å². The molecule has 4 rings (SSSR count). The summed E-state index contributed by atoms with van der Waals surface area (Å²) in [5.74, 6) is -0.304. The Labute approximate surface area is 236 Å². The number of para-hydroxylation sites is 1. The lowest BCUT2D eigenvalue weighted by Gasteiger charge is -2.21. The number of benzene rings is 3. The number of carbonyl (C=O) groups is 1. The summed E-state index contributed by atoms with van der Waals surface area (Å²) in [4.78, 5) is 41.7. The van der Waals surface area contributed by atoms with Crippen LogP contribution in [0.3, 0.4) is 0 Å². The molecule has 3 aromatic carbocycles. The highest BCUT2D eigenvalue weighted by atomic mass is 79.9. The molecule has 1 amide bonds. The third-order valence-electron chi connectivity index (χ3n) is 5.49. The zero-order valence-corrected chi connectivity index (χ0v) is 23.5. The molecule has 12 heteroatoms. The molecular formula is C27H23BrClN5O5. The molecule has 0 fully saturated rings. The predicted molar refractivity (Wildman–Crippen MR) is 154 cm³/mol. The highest BCUT2D eigenvalue weighted by Crippen LogP contribution is 2.30. The van der Waals surface area contributed by atoms with Crippen molar-refractivity contribution in [1.82, 2.24) is 9.66 Å². The van der Waals surface area contributed by atoms with E-state index in [1.165, 1.54) is 29.1 Å². The summed E-state index contributed by atoms with van der Waals surface area (Å²) in [5, 5.41) is 19.6. The molecule has 4 aromatic rings. The van der Waals surface area contributed by atoms with Crippen molar-refractivity contribution in [2.24, 2.45) is 5.10 Å². The van der Waals surface area contributed by atoms with Crippen molar-refractivity contribution in [2.45, 2.75) is 26.2 Å². The Hall–Kier alpha value is -4.09. The van der Waals surface area contributed by atoms with Gasteiger partial charge in [0.25, 0.3) is 11.5 Å². The molecule has 0 atom stereocenters. The van der Waals surface area contributed by atoms with Crippen molar-refractivity contribution in [3.05, 3.63) is 102 Å². The molecule has 39 heavy (non-hydrogen) atoms. The van der Waals surface area contributed by atoms with Crippen LogP contribution in [-0.4, -0.2) is 33.3 Å². The Kier molecular flexibility index (Phi) is 8.12. The van der Waals surface area contributed by atoms with Crippen molar-refractivity contribution in [2.75, 3.05) is 11.9 Å². The molecule has 0 spiro atoms. The van der Waals surface area contributed by atoms with Crippen LogP contribution in [0.4, 0.5) is 11.4 Å². The molecule has 1 N–H and O–H groups in total. The minimum absolute atomic E-state index is 0.167. The smallest absolute Gasteiger partial charge is 0.311 e. The molecule has 0 saturated heterocycles. The minimum atomic E-state index is -0.619. The van der Waals surface area contributed by atoms with E-state index in [9.17, 15) is 19.7 Å². The van der Waals surface area contributed by atoms with E-state index in [-0.39, 0.29) is 17.0 Å². The fourth-order valence-electron chi connectivity index (χ4n) is 3.67. The van der Waals surface area contributed by atoms with E-state index in [0.717, 1.165) is 0 Å². The topological polar surface area (TPSA) is 129 Å². The van der Waals surface area contributed by atoms with Crippen molar-refractivity contribution in [1.29, 1.82) is 0 Å². The molecule has 0 aliphatic carbocycles. The van der Waals surface area contributed by atoms with Crippen LogP contribution in [-0.2, 0) is 10.2 Å². The quantitative estimate of drug-likeness (QED) is 0.157. The first-order valence-electron chi connectivity index (χ1n) is 11.7. The Bertz CT molecular complexity index is 1660. The zero-order valence-electron chi connectivity index (χ0n) is 21.1. The lowest BCUT2D eigenvalue weighted by atomic mass is 9.95. The van der Waals surface area contributed by atoms with Gasteiger partial charge in [0.1, 0.15) is 5.82 Å². The second-order valence-electron chi connectivity index (χ2n) is 9.50. The average Bonchev–Trinajstić information content (AvgIpc) is 2.88. The average molecular weight is 613 g/mol. The number of carbonyl (C=O) groups excluding carboxylic acids is 1. The molecule has 0 unspecified atom stereocenters. The number of nitrogens with zero attached hydrogens (tertiary/aromatic N) is 4. The van der Waals surface area contributed by atoms with Gasteiger partial charge in [-0.2, -0.15) is 9.78 Å². The van der Waals surface area contributed by atoms with Gasteiger partial charge < -0.3 is 10.1 Å². The maximum Gasteiger partial charge on any atom is 0.311 e. The monoisotopic (exact) mass is 611 g/mol. The van der Waals surface area contributed by atoms with Gasteiger partial charge in [0.15, 0.2) is 6.61 Å². The molecule has 0 saturated carbocycles. The standard InChI is InChI=1S/C27H23BrClN5O5/c1-27(2,3)26-32-21-12-7-17(28)13-20(21)25(36)33(26)30-14-16-5-4-6-22(34(37)38)24(16)39-15-23(35)31-19-10-8-18(29)9-11-19/h4-14H,15H2,1-3H3,(H,31,35). The fourth-order valence-corrected chi connectivity index (χ4v) is 4.16. The number of nitrogens with one attached hydrogen (secondary N) is 1. The number of fused-ring (bicyclic) bond motifs is 1. The molecule has 0 aliphatic heterocycles. The van der Waals surface area contributed by atoms with Crippen LogP contribution < -0.4 is 15.6 Å². The van der Waals surface area contributed by atoms with Gasteiger partial charge in [0, 0.05) is 32.2 Å². The van der Waals surface area contributed by atoms with Crippen LogP contribution in [0.5, 0.6) is 5.75 Å². The Morgan fingerprint density at radius 1 is 1.21 bits per heavy atom. The first-order valence-corrected chi connectivity index (χ1v) is 12.8. The summed E-state index contributed by atoms with van der Waals surface area (Å²) in [6.07, 6.45) is 1.28. The highest BCUT2D eigenvalue weighted by molar-refractivity contribution is 9.10. The van der Waals surface area contributed by atoms with Crippen molar-refractivity contribution < 1.29 is 14.5 Å². The second-order valence-corrected chi connectivity index (χ2v) is 10.9.